The highest BCUT2D eigenvalue weighted by atomic mass is 16.5. The Labute approximate surface area is 86.6 Å². The topological polar surface area (TPSA) is 33.3 Å². The monoisotopic (exact) mass is 198 g/mol. The predicted molar refractivity (Wildman–Crippen MR) is 57.1 cm³/mol. The van der Waals surface area contributed by atoms with Gasteiger partial charge in [0.25, 0.3) is 0 Å². The Kier molecular flexibility index (Phi) is 3.10. The van der Waals surface area contributed by atoms with Gasteiger partial charge in [-0.15, -0.1) is 0 Å². The van der Waals surface area contributed by atoms with Crippen LogP contribution in [-0.2, 0) is 4.74 Å². The Morgan fingerprint density at radius 1 is 1.43 bits per heavy atom. The first kappa shape index (κ1) is 10.4. The van der Waals surface area contributed by atoms with Gasteiger partial charge in [0.05, 0.1) is 6.61 Å². The van der Waals surface area contributed by atoms with E-state index in [-0.39, 0.29) is 5.72 Å². The molecule has 3 atom stereocenters. The molecule has 3 unspecified atom stereocenters. The Morgan fingerprint density at radius 2 is 2.29 bits per heavy atom. The summed E-state index contributed by atoms with van der Waals surface area (Å²) >= 11 is 0. The molecule has 2 rings (SSSR count). The first-order chi connectivity index (χ1) is 6.68. The lowest BCUT2D eigenvalue weighted by molar-refractivity contribution is -0.112. The average Bonchev–Trinajstić information content (AvgIpc) is 2.63. The van der Waals surface area contributed by atoms with Crippen LogP contribution in [0.25, 0.3) is 0 Å². The molecule has 0 radical (unpaired) electrons. The molecule has 0 aliphatic carbocycles. The maximum atomic E-state index is 5.90. The van der Waals surface area contributed by atoms with E-state index < -0.39 is 0 Å². The third kappa shape index (κ3) is 2.47. The smallest absolute Gasteiger partial charge is 0.116 e. The summed E-state index contributed by atoms with van der Waals surface area (Å²) in [5.74, 6) is 1.45. The van der Waals surface area contributed by atoms with Crippen LogP contribution in [0, 0.1) is 11.8 Å². The Balaban J connectivity index is 1.82. The van der Waals surface area contributed by atoms with E-state index in [2.05, 4.69) is 24.5 Å². The molecule has 2 N–H and O–H groups in total. The van der Waals surface area contributed by atoms with Gasteiger partial charge in [-0.25, -0.2) is 0 Å². The first-order valence-corrected chi connectivity index (χ1v) is 5.78. The molecule has 0 bridgehead atoms. The van der Waals surface area contributed by atoms with Gasteiger partial charge in [-0.1, -0.05) is 6.92 Å². The zero-order chi connectivity index (χ0) is 10.0. The Hall–Kier alpha value is -0.120. The second kappa shape index (κ2) is 4.17. The zero-order valence-electron chi connectivity index (χ0n) is 9.31. The second-order valence-corrected chi connectivity index (χ2v) is 5.09. The molecule has 0 saturated carbocycles. The molecule has 3 nitrogen and oxygen atoms in total. The molecule has 2 aliphatic rings. The van der Waals surface area contributed by atoms with Crippen molar-refractivity contribution < 1.29 is 4.74 Å². The van der Waals surface area contributed by atoms with E-state index in [1.807, 2.05) is 0 Å². The van der Waals surface area contributed by atoms with Crippen LogP contribution in [0.5, 0.6) is 0 Å². The molecule has 0 aromatic rings. The summed E-state index contributed by atoms with van der Waals surface area (Å²) in [6, 6.07) is 0. The van der Waals surface area contributed by atoms with Crippen molar-refractivity contribution in [3.05, 3.63) is 0 Å². The fourth-order valence-corrected chi connectivity index (χ4v) is 2.40. The van der Waals surface area contributed by atoms with Gasteiger partial charge in [-0.2, -0.15) is 0 Å². The van der Waals surface area contributed by atoms with Crippen LogP contribution in [0.2, 0.25) is 0 Å². The molecule has 0 spiro atoms. The minimum atomic E-state index is -0.0663. The van der Waals surface area contributed by atoms with Gasteiger partial charge in [0, 0.05) is 6.54 Å². The van der Waals surface area contributed by atoms with Crippen molar-refractivity contribution in [2.75, 3.05) is 26.2 Å². The van der Waals surface area contributed by atoms with Crippen molar-refractivity contribution in [3.8, 4) is 0 Å². The molecule has 14 heavy (non-hydrogen) atoms. The van der Waals surface area contributed by atoms with Gasteiger partial charge >= 0.3 is 0 Å². The van der Waals surface area contributed by atoms with Gasteiger partial charge in [0.1, 0.15) is 5.72 Å². The SMILES string of the molecule is CC1CNC(C)(CC2CCNC2)OC1. The molecule has 0 aromatic heterocycles. The largest absolute Gasteiger partial charge is 0.361 e. The van der Waals surface area contributed by atoms with Crippen molar-refractivity contribution in [1.29, 1.82) is 0 Å². The summed E-state index contributed by atoms with van der Waals surface area (Å²) in [6.07, 6.45) is 2.45. The zero-order valence-corrected chi connectivity index (χ0v) is 9.31. The van der Waals surface area contributed by atoms with Crippen LogP contribution in [0.15, 0.2) is 0 Å². The summed E-state index contributed by atoms with van der Waals surface area (Å²) in [6.45, 7) is 8.76. The molecule has 2 aliphatic heterocycles. The van der Waals surface area contributed by atoms with Crippen molar-refractivity contribution >= 4 is 0 Å². The van der Waals surface area contributed by atoms with Crippen LogP contribution < -0.4 is 10.6 Å². The highest BCUT2D eigenvalue weighted by Crippen LogP contribution is 2.25. The number of rotatable bonds is 2. The normalized spacial score (nSPS) is 44.1. The molecule has 0 amide bonds. The highest BCUT2D eigenvalue weighted by Gasteiger charge is 2.33. The minimum Gasteiger partial charge on any atom is -0.361 e. The molecule has 2 heterocycles. The molecule has 2 saturated heterocycles. The summed E-state index contributed by atoms with van der Waals surface area (Å²) in [5.41, 5.74) is -0.0663. The van der Waals surface area contributed by atoms with Gasteiger partial charge < -0.3 is 10.1 Å². The number of hydrogen-bond donors (Lipinski definition) is 2. The van der Waals surface area contributed by atoms with Gasteiger partial charge in [0.2, 0.25) is 0 Å². The number of ether oxygens (including phenoxy) is 1. The summed E-state index contributed by atoms with van der Waals surface area (Å²) in [7, 11) is 0. The number of hydrogen-bond acceptors (Lipinski definition) is 3. The maximum absolute atomic E-state index is 5.90. The van der Waals surface area contributed by atoms with Crippen LogP contribution in [0.4, 0.5) is 0 Å². The van der Waals surface area contributed by atoms with Crippen molar-refractivity contribution in [2.24, 2.45) is 11.8 Å². The summed E-state index contributed by atoms with van der Waals surface area (Å²) in [5, 5.41) is 6.93. The summed E-state index contributed by atoms with van der Waals surface area (Å²) < 4.78 is 5.90. The fourth-order valence-electron chi connectivity index (χ4n) is 2.40. The van der Waals surface area contributed by atoms with Crippen LogP contribution in [0.3, 0.4) is 0 Å². The van der Waals surface area contributed by atoms with Gasteiger partial charge in [-0.05, 0) is 44.7 Å². The third-order valence-corrected chi connectivity index (χ3v) is 3.35. The van der Waals surface area contributed by atoms with E-state index in [1.165, 1.54) is 13.0 Å². The molecule has 2 fully saturated rings. The molecular weight excluding hydrogens is 176 g/mol. The Bertz CT molecular complexity index is 182. The maximum Gasteiger partial charge on any atom is 0.116 e. The van der Waals surface area contributed by atoms with Gasteiger partial charge in [0.15, 0.2) is 0 Å². The predicted octanol–water partition coefficient (Wildman–Crippen LogP) is 0.958. The van der Waals surface area contributed by atoms with Crippen molar-refractivity contribution in [3.63, 3.8) is 0 Å². The van der Waals surface area contributed by atoms with Crippen LogP contribution in [0.1, 0.15) is 26.7 Å². The lowest BCUT2D eigenvalue weighted by Gasteiger charge is -2.39. The van der Waals surface area contributed by atoms with E-state index in [0.717, 1.165) is 32.0 Å². The van der Waals surface area contributed by atoms with Crippen LogP contribution in [-0.4, -0.2) is 32.0 Å². The lowest BCUT2D eigenvalue weighted by atomic mass is 9.95. The first-order valence-electron chi connectivity index (χ1n) is 5.78. The van der Waals surface area contributed by atoms with Gasteiger partial charge in [-0.3, -0.25) is 5.32 Å². The van der Waals surface area contributed by atoms with E-state index in [9.17, 15) is 0 Å². The van der Waals surface area contributed by atoms with E-state index in [1.54, 1.807) is 0 Å². The number of nitrogens with one attached hydrogen (secondary N) is 2. The quantitative estimate of drug-likeness (QED) is 0.693. The van der Waals surface area contributed by atoms with E-state index in [4.69, 9.17) is 4.74 Å². The molecule has 0 aromatic carbocycles. The fraction of sp³-hybridized carbons (Fsp3) is 1.00. The average molecular weight is 198 g/mol. The van der Waals surface area contributed by atoms with E-state index in [0.29, 0.717) is 5.92 Å². The molecular formula is C11H22N2O. The Morgan fingerprint density at radius 3 is 2.86 bits per heavy atom. The minimum absolute atomic E-state index is 0.0663. The lowest BCUT2D eigenvalue weighted by Crippen LogP contribution is -2.53. The highest BCUT2D eigenvalue weighted by molar-refractivity contribution is 4.84. The van der Waals surface area contributed by atoms with Crippen molar-refractivity contribution in [2.45, 2.75) is 32.4 Å². The molecule has 82 valence electrons. The van der Waals surface area contributed by atoms with Crippen LogP contribution >= 0.6 is 0 Å². The standard InChI is InChI=1S/C11H22N2O/c1-9-6-13-11(2,14-8-9)5-10-3-4-12-7-10/h9-10,12-13H,3-8H2,1-2H3. The van der Waals surface area contributed by atoms with E-state index >= 15 is 0 Å². The molecule has 3 heteroatoms. The third-order valence-electron chi connectivity index (χ3n) is 3.35. The second-order valence-electron chi connectivity index (χ2n) is 5.09. The summed E-state index contributed by atoms with van der Waals surface area (Å²) in [4.78, 5) is 0. The van der Waals surface area contributed by atoms with Crippen molar-refractivity contribution in [1.82, 2.24) is 10.6 Å².